The van der Waals surface area contributed by atoms with Crippen LogP contribution in [-0.4, -0.2) is 89.2 Å². The maximum Gasteiger partial charge on any atom is 0.335 e. The van der Waals surface area contributed by atoms with Gasteiger partial charge in [-0.25, -0.2) is 4.79 Å². The Hall–Kier alpha value is -4.36. The number of allylic oxidation sites excluding steroid dienone is 16. The van der Waals surface area contributed by atoms with Crippen molar-refractivity contribution in [1.29, 1.82) is 0 Å². The van der Waals surface area contributed by atoms with E-state index in [9.17, 15) is 34.5 Å². The summed E-state index contributed by atoms with van der Waals surface area (Å²) in [6.07, 6.45) is 56.6. The fourth-order valence-corrected chi connectivity index (χ4v) is 8.54. The van der Waals surface area contributed by atoms with Crippen LogP contribution >= 0.6 is 0 Å². The molecule has 6 atom stereocenters. The van der Waals surface area contributed by atoms with Crippen molar-refractivity contribution < 1.29 is 58.2 Å². The first-order chi connectivity index (χ1) is 37.6. The van der Waals surface area contributed by atoms with E-state index < -0.39 is 67.3 Å². The van der Waals surface area contributed by atoms with Gasteiger partial charge in [0, 0.05) is 19.3 Å². The standard InChI is InChI=1S/C65H106O12/c1-4-7-10-13-16-19-22-25-28-29-32-33-36-39-42-45-48-51-57(66)73-54-56(75-58(67)52-49-46-43-40-37-34-30-26-23-20-17-14-11-8-5-2)55-74-65-63(61(70)60(69)62(77-65)64(71)72)76-59(68)53-50-47-44-41-38-35-31-27-24-21-18-15-12-9-6-3/h8-9,11-12,17-18,20-21,25-28,30-31,37,40,56,60-63,65,69-70H,4-7,10,13-16,19,22-24,29,32-36,38-39,41-55H2,1-3H3,(H,71,72)/b11-8-,12-9-,20-17-,21-18-,28-25-,30-26-,31-27-,40-37-. The number of aliphatic hydroxyl groups is 2. The lowest BCUT2D eigenvalue weighted by molar-refractivity contribution is -0.301. The molecule has 1 aliphatic heterocycles. The third-order valence-electron chi connectivity index (χ3n) is 13.1. The SMILES string of the molecule is CC/C=C\C/C=C\C/C=C\C/C=C\CCCCC(=O)OC(COC(=O)CCCCCCCCC/C=C\CCCCCCCC)COC1OC(C(=O)O)C(O)C(O)C1OC(=O)CCCCCCC/C=C\C/C=C\C/C=C\CC. The minimum atomic E-state index is -1.92. The molecule has 0 aromatic carbocycles. The van der Waals surface area contributed by atoms with E-state index in [1.54, 1.807) is 0 Å². The second kappa shape index (κ2) is 52.3. The van der Waals surface area contributed by atoms with Gasteiger partial charge in [0.05, 0.1) is 6.61 Å². The molecule has 12 nitrogen and oxygen atoms in total. The van der Waals surface area contributed by atoms with E-state index in [4.69, 9.17) is 23.7 Å². The molecule has 1 saturated heterocycles. The highest BCUT2D eigenvalue weighted by Crippen LogP contribution is 2.26. The van der Waals surface area contributed by atoms with Crippen LogP contribution in [0.25, 0.3) is 0 Å². The van der Waals surface area contributed by atoms with Gasteiger partial charge in [-0.05, 0) is 116 Å². The summed E-state index contributed by atoms with van der Waals surface area (Å²) >= 11 is 0. The number of hydrogen-bond donors (Lipinski definition) is 3. The summed E-state index contributed by atoms with van der Waals surface area (Å²) in [6, 6.07) is 0. The van der Waals surface area contributed by atoms with Crippen molar-refractivity contribution in [3.8, 4) is 0 Å². The molecule has 1 fully saturated rings. The zero-order chi connectivity index (χ0) is 56.1. The van der Waals surface area contributed by atoms with E-state index in [0.29, 0.717) is 19.3 Å². The van der Waals surface area contributed by atoms with Crippen molar-refractivity contribution >= 4 is 23.9 Å². The number of hydrogen-bond acceptors (Lipinski definition) is 11. The van der Waals surface area contributed by atoms with Crippen LogP contribution in [0, 0.1) is 0 Å². The average Bonchev–Trinajstić information content (AvgIpc) is 3.43. The molecule has 6 unspecified atom stereocenters. The van der Waals surface area contributed by atoms with Crippen LogP contribution in [0.15, 0.2) is 97.2 Å². The lowest BCUT2D eigenvalue weighted by atomic mass is 9.98. The first-order valence-corrected chi connectivity index (χ1v) is 30.2. The minimum absolute atomic E-state index is 0.0316. The van der Waals surface area contributed by atoms with Gasteiger partial charge in [0.15, 0.2) is 24.6 Å². The summed E-state index contributed by atoms with van der Waals surface area (Å²) in [5.74, 6) is -3.21. The maximum absolute atomic E-state index is 13.1. The Balaban J connectivity index is 2.72. The normalized spacial score (nSPS) is 18.7. The fraction of sp³-hybridized carbons (Fsp3) is 0.692. The molecule has 1 aliphatic rings. The zero-order valence-electron chi connectivity index (χ0n) is 48.2. The largest absolute Gasteiger partial charge is 0.479 e. The molecule has 1 rings (SSSR count). The molecule has 0 aromatic rings. The van der Waals surface area contributed by atoms with Crippen molar-refractivity contribution in [2.45, 2.75) is 276 Å². The molecule has 77 heavy (non-hydrogen) atoms. The van der Waals surface area contributed by atoms with Gasteiger partial charge in [-0.2, -0.15) is 0 Å². The van der Waals surface area contributed by atoms with Crippen molar-refractivity contribution in [2.75, 3.05) is 13.2 Å². The third-order valence-corrected chi connectivity index (χ3v) is 13.1. The summed E-state index contributed by atoms with van der Waals surface area (Å²) in [4.78, 5) is 51.2. The molecule has 0 bridgehead atoms. The van der Waals surface area contributed by atoms with Gasteiger partial charge in [0.25, 0.3) is 0 Å². The van der Waals surface area contributed by atoms with Gasteiger partial charge in [-0.3, -0.25) is 14.4 Å². The number of unbranched alkanes of at least 4 members (excludes halogenated alkanes) is 20. The van der Waals surface area contributed by atoms with Crippen LogP contribution in [0.4, 0.5) is 0 Å². The Kier molecular flexibility index (Phi) is 48.0. The van der Waals surface area contributed by atoms with Crippen molar-refractivity contribution in [1.82, 2.24) is 0 Å². The summed E-state index contributed by atoms with van der Waals surface area (Å²) in [6.45, 7) is 5.72. The first-order valence-electron chi connectivity index (χ1n) is 30.2. The number of aliphatic hydroxyl groups excluding tert-OH is 2. The number of rotatable bonds is 50. The Morgan fingerprint density at radius 2 is 0.818 bits per heavy atom. The van der Waals surface area contributed by atoms with E-state index in [0.717, 1.165) is 122 Å². The second-order valence-electron chi connectivity index (χ2n) is 20.2. The molecule has 438 valence electrons. The van der Waals surface area contributed by atoms with E-state index in [1.807, 2.05) is 0 Å². The summed E-state index contributed by atoms with van der Waals surface area (Å²) < 4.78 is 28.4. The van der Waals surface area contributed by atoms with E-state index in [2.05, 4.69) is 118 Å². The third kappa shape index (κ3) is 42.3. The zero-order valence-corrected chi connectivity index (χ0v) is 48.2. The van der Waals surface area contributed by atoms with Crippen molar-refractivity contribution in [2.24, 2.45) is 0 Å². The Morgan fingerprint density at radius 3 is 1.29 bits per heavy atom. The Morgan fingerprint density at radius 1 is 0.442 bits per heavy atom. The number of carbonyl (C=O) groups is 4. The molecule has 12 heteroatoms. The van der Waals surface area contributed by atoms with E-state index >= 15 is 0 Å². The molecule has 0 amide bonds. The Labute approximate surface area is 466 Å². The molecule has 0 aromatic heterocycles. The quantitative estimate of drug-likeness (QED) is 0.0228. The monoisotopic (exact) mass is 1080 g/mol. The topological polar surface area (TPSA) is 175 Å². The lowest BCUT2D eigenvalue weighted by Crippen LogP contribution is -2.61. The summed E-state index contributed by atoms with van der Waals surface area (Å²) in [5.41, 5.74) is 0. The molecule has 0 radical (unpaired) electrons. The van der Waals surface area contributed by atoms with Crippen LogP contribution in [0.2, 0.25) is 0 Å². The summed E-state index contributed by atoms with van der Waals surface area (Å²) in [5, 5.41) is 31.5. The fourth-order valence-electron chi connectivity index (χ4n) is 8.54. The van der Waals surface area contributed by atoms with Gasteiger partial charge in [0.1, 0.15) is 18.8 Å². The van der Waals surface area contributed by atoms with Crippen molar-refractivity contribution in [3.05, 3.63) is 97.2 Å². The highest BCUT2D eigenvalue weighted by molar-refractivity contribution is 5.74. The number of carbonyl (C=O) groups excluding carboxylic acids is 3. The predicted molar refractivity (Wildman–Crippen MR) is 312 cm³/mol. The van der Waals surface area contributed by atoms with Crippen LogP contribution in [0.5, 0.6) is 0 Å². The second-order valence-corrected chi connectivity index (χ2v) is 20.2. The van der Waals surface area contributed by atoms with Gasteiger partial charge in [0.2, 0.25) is 0 Å². The van der Waals surface area contributed by atoms with Gasteiger partial charge < -0.3 is 39.0 Å². The van der Waals surface area contributed by atoms with Crippen LogP contribution in [-0.2, 0) is 42.9 Å². The van der Waals surface area contributed by atoms with E-state index in [-0.39, 0.29) is 25.9 Å². The Bertz CT molecular complexity index is 1710. The van der Waals surface area contributed by atoms with Crippen LogP contribution in [0.1, 0.15) is 239 Å². The maximum atomic E-state index is 13.1. The van der Waals surface area contributed by atoms with Gasteiger partial charge >= 0.3 is 23.9 Å². The molecule has 0 spiro atoms. The number of ether oxygens (including phenoxy) is 5. The first kappa shape index (κ1) is 70.7. The van der Waals surface area contributed by atoms with Gasteiger partial charge in [-0.15, -0.1) is 0 Å². The average molecular weight is 1080 g/mol. The van der Waals surface area contributed by atoms with E-state index in [1.165, 1.54) is 57.8 Å². The number of esters is 3. The number of carboxylic acids is 1. The minimum Gasteiger partial charge on any atom is -0.479 e. The molecule has 0 saturated carbocycles. The number of carboxylic acid groups (broad SMARTS) is 1. The molecule has 3 N–H and O–H groups in total. The molecule has 0 aliphatic carbocycles. The van der Waals surface area contributed by atoms with Crippen LogP contribution in [0.3, 0.4) is 0 Å². The summed E-state index contributed by atoms with van der Waals surface area (Å²) in [7, 11) is 0. The molecular weight excluding hydrogens is 973 g/mol. The molecular formula is C65H106O12. The number of aliphatic carboxylic acids is 1. The highest BCUT2D eigenvalue weighted by Gasteiger charge is 2.50. The van der Waals surface area contributed by atoms with Crippen LogP contribution < -0.4 is 0 Å². The molecule has 1 heterocycles. The van der Waals surface area contributed by atoms with Crippen molar-refractivity contribution in [3.63, 3.8) is 0 Å². The predicted octanol–water partition coefficient (Wildman–Crippen LogP) is 15.7. The lowest BCUT2D eigenvalue weighted by Gasteiger charge is -2.40. The van der Waals surface area contributed by atoms with Gasteiger partial charge in [-0.1, -0.05) is 201 Å². The smallest absolute Gasteiger partial charge is 0.335 e. The highest BCUT2D eigenvalue weighted by atomic mass is 16.7.